The van der Waals surface area contributed by atoms with Gasteiger partial charge in [-0.2, -0.15) is 0 Å². The summed E-state index contributed by atoms with van der Waals surface area (Å²) in [6, 6.07) is 0. The highest BCUT2D eigenvalue weighted by atomic mass is 16.7. The molecule has 0 spiro atoms. The highest BCUT2D eigenvalue weighted by Gasteiger charge is 2.62. The van der Waals surface area contributed by atoms with Crippen LogP contribution in [0.3, 0.4) is 0 Å². The van der Waals surface area contributed by atoms with Crippen molar-refractivity contribution in [3.63, 3.8) is 0 Å². The van der Waals surface area contributed by atoms with Crippen LogP contribution in [0.5, 0.6) is 0 Å². The minimum atomic E-state index is -2.82. The van der Waals surface area contributed by atoms with Gasteiger partial charge in [0.2, 0.25) is 5.79 Å². The normalized spacial score (nSPS) is 54.9. The molecule has 0 radical (unpaired) electrons. The van der Waals surface area contributed by atoms with E-state index in [-0.39, 0.29) is 0 Å². The number of hydrogen-bond acceptors (Lipinski definition) is 11. The van der Waals surface area contributed by atoms with Gasteiger partial charge in [0.15, 0.2) is 0 Å². The maximum atomic E-state index is 10.5. The number of ether oxygens (including phenoxy) is 2. The van der Waals surface area contributed by atoms with Crippen LogP contribution in [0, 0.1) is 0 Å². The summed E-state index contributed by atoms with van der Waals surface area (Å²) in [5.41, 5.74) is 0. The van der Waals surface area contributed by atoms with Crippen LogP contribution in [0.15, 0.2) is 0 Å². The van der Waals surface area contributed by atoms with E-state index >= 15 is 0 Å². The van der Waals surface area contributed by atoms with Gasteiger partial charge in [0, 0.05) is 0 Å². The second kappa shape index (κ2) is 6.82. The second-order valence-corrected chi connectivity index (χ2v) is 5.77. The van der Waals surface area contributed by atoms with Gasteiger partial charge < -0.3 is 55.4 Å². The summed E-state index contributed by atoms with van der Waals surface area (Å²) in [7, 11) is 0. The van der Waals surface area contributed by atoms with Crippen molar-refractivity contribution < 1.29 is 55.4 Å². The van der Waals surface area contributed by atoms with Crippen molar-refractivity contribution >= 4 is 0 Å². The topological polar surface area (TPSA) is 201 Å². The van der Waals surface area contributed by atoms with Gasteiger partial charge in [-0.1, -0.05) is 0 Å². The molecule has 2 fully saturated rings. The van der Waals surface area contributed by atoms with E-state index in [2.05, 4.69) is 0 Å². The maximum Gasteiger partial charge on any atom is 0.225 e. The molecule has 0 saturated carbocycles. The highest BCUT2D eigenvalue weighted by molar-refractivity contribution is 5.05. The average molecular weight is 342 g/mol. The molecule has 2 rings (SSSR count). The van der Waals surface area contributed by atoms with Crippen molar-refractivity contribution in [2.75, 3.05) is 13.2 Å². The largest absolute Gasteiger partial charge is 0.394 e. The molecule has 0 aromatic carbocycles. The molecule has 2 aliphatic rings. The van der Waals surface area contributed by atoms with Crippen LogP contribution < -0.4 is 0 Å². The Kier molecular flexibility index (Phi) is 5.60. The van der Waals surface area contributed by atoms with E-state index < -0.39 is 73.9 Å². The van der Waals surface area contributed by atoms with E-state index in [4.69, 9.17) is 19.7 Å². The van der Waals surface area contributed by atoms with Crippen molar-refractivity contribution in [2.45, 2.75) is 60.7 Å². The van der Waals surface area contributed by atoms with Gasteiger partial charge in [-0.05, 0) is 0 Å². The third-order valence-electron chi connectivity index (χ3n) is 4.30. The molecule has 2 saturated heterocycles. The van der Waals surface area contributed by atoms with E-state index in [9.17, 15) is 35.7 Å². The average Bonchev–Trinajstić information content (AvgIpc) is 2.54. The lowest BCUT2D eigenvalue weighted by Crippen LogP contribution is -2.75. The number of hydrogen-bond donors (Lipinski definition) is 9. The van der Waals surface area contributed by atoms with Gasteiger partial charge in [0.25, 0.3) is 0 Å². The zero-order valence-corrected chi connectivity index (χ0v) is 12.0. The molecule has 0 aliphatic carbocycles. The van der Waals surface area contributed by atoms with Gasteiger partial charge in [-0.15, -0.1) is 0 Å². The molecule has 0 aromatic heterocycles. The van der Waals surface area contributed by atoms with E-state index in [1.807, 2.05) is 0 Å². The Morgan fingerprint density at radius 2 is 1.22 bits per heavy atom. The van der Waals surface area contributed by atoms with E-state index in [1.54, 1.807) is 0 Å². The van der Waals surface area contributed by atoms with E-state index in [1.165, 1.54) is 0 Å². The van der Waals surface area contributed by atoms with Gasteiger partial charge in [0.1, 0.15) is 54.9 Å². The quantitative estimate of drug-likeness (QED) is 0.236. The minimum Gasteiger partial charge on any atom is -0.394 e. The first kappa shape index (κ1) is 18.9. The molecule has 0 aromatic rings. The Morgan fingerprint density at radius 1 is 0.696 bits per heavy atom. The zero-order chi connectivity index (χ0) is 17.5. The molecule has 136 valence electrons. The predicted molar refractivity (Wildman–Crippen MR) is 68.7 cm³/mol. The summed E-state index contributed by atoms with van der Waals surface area (Å²) in [6.45, 7) is -1.60. The summed E-state index contributed by atoms with van der Waals surface area (Å²) in [5.74, 6) is -2.82. The fourth-order valence-electron chi connectivity index (χ4n) is 2.86. The third kappa shape index (κ3) is 2.99. The minimum absolute atomic E-state index is 0.776. The predicted octanol–water partition coefficient (Wildman–Crippen LogP) is -6.01. The SMILES string of the molecule is OC[C@H]1OC(O)(C2O[C@H](CO)[C@@H](O)[C@H](O)[C@H]2O)[C@H](O)[C@@H](O)[C@H]1O. The molecule has 2 heterocycles. The Morgan fingerprint density at radius 3 is 1.74 bits per heavy atom. The van der Waals surface area contributed by atoms with Crippen LogP contribution in [0.2, 0.25) is 0 Å². The monoisotopic (exact) mass is 342 g/mol. The molecule has 0 bridgehead atoms. The summed E-state index contributed by atoms with van der Waals surface area (Å²) >= 11 is 0. The molecule has 11 heteroatoms. The molecule has 9 N–H and O–H groups in total. The molecule has 2 aliphatic heterocycles. The van der Waals surface area contributed by atoms with Crippen LogP contribution in [-0.2, 0) is 9.47 Å². The van der Waals surface area contributed by atoms with Crippen LogP contribution in [-0.4, -0.2) is 120 Å². The fraction of sp³-hybridized carbons (Fsp3) is 1.00. The van der Waals surface area contributed by atoms with Gasteiger partial charge in [-0.25, -0.2) is 0 Å². The molecular formula is C12H22O11. The zero-order valence-electron chi connectivity index (χ0n) is 12.0. The number of aliphatic hydroxyl groups is 9. The smallest absolute Gasteiger partial charge is 0.225 e. The van der Waals surface area contributed by atoms with Gasteiger partial charge in [-0.3, -0.25) is 0 Å². The lowest BCUT2D eigenvalue weighted by atomic mass is 9.83. The van der Waals surface area contributed by atoms with Crippen LogP contribution in [0.4, 0.5) is 0 Å². The first-order valence-corrected chi connectivity index (χ1v) is 7.04. The Labute approximate surface area is 130 Å². The summed E-state index contributed by atoms with van der Waals surface area (Å²) < 4.78 is 10.1. The van der Waals surface area contributed by atoms with Gasteiger partial charge in [0.05, 0.1) is 13.2 Å². The molecule has 0 amide bonds. The van der Waals surface area contributed by atoms with Crippen molar-refractivity contribution in [1.29, 1.82) is 0 Å². The Bertz CT molecular complexity index is 404. The molecule has 10 atom stereocenters. The molecule has 2 unspecified atom stereocenters. The van der Waals surface area contributed by atoms with Crippen molar-refractivity contribution in [1.82, 2.24) is 0 Å². The molecular weight excluding hydrogens is 320 g/mol. The summed E-state index contributed by atoms with van der Waals surface area (Å²) in [4.78, 5) is 0. The third-order valence-corrected chi connectivity index (χ3v) is 4.30. The van der Waals surface area contributed by atoms with Crippen LogP contribution in [0.1, 0.15) is 0 Å². The summed E-state index contributed by atoms with van der Waals surface area (Å²) in [5, 5.41) is 87.7. The maximum absolute atomic E-state index is 10.5. The van der Waals surface area contributed by atoms with Crippen molar-refractivity contribution in [3.8, 4) is 0 Å². The summed E-state index contributed by atoms with van der Waals surface area (Å²) in [6.07, 6.45) is -16.1. The van der Waals surface area contributed by atoms with Gasteiger partial charge >= 0.3 is 0 Å². The van der Waals surface area contributed by atoms with E-state index in [0.717, 1.165) is 0 Å². The highest BCUT2D eigenvalue weighted by Crippen LogP contribution is 2.37. The first-order chi connectivity index (χ1) is 10.7. The molecule has 23 heavy (non-hydrogen) atoms. The molecule has 11 nitrogen and oxygen atoms in total. The van der Waals surface area contributed by atoms with Crippen molar-refractivity contribution in [3.05, 3.63) is 0 Å². The first-order valence-electron chi connectivity index (χ1n) is 7.04. The number of aliphatic hydroxyl groups excluding tert-OH is 8. The van der Waals surface area contributed by atoms with Crippen molar-refractivity contribution in [2.24, 2.45) is 0 Å². The fourth-order valence-corrected chi connectivity index (χ4v) is 2.86. The second-order valence-electron chi connectivity index (χ2n) is 5.77. The van der Waals surface area contributed by atoms with Crippen LogP contribution >= 0.6 is 0 Å². The lowest BCUT2D eigenvalue weighted by Gasteiger charge is -2.52. The standard InChI is InChI=1S/C12H22O11/c13-1-3-5(15)7(17)9(19)11(22-3)12(21)10(20)8(18)6(16)4(2-14)23-12/h3-11,13-21H,1-2H2/t3-,4-,5-,6+,7+,8+,9-,10-,11?,12?/m1/s1. The Balaban J connectivity index is 2.33. The Hall–Kier alpha value is -0.440. The number of rotatable bonds is 3. The lowest BCUT2D eigenvalue weighted by molar-refractivity contribution is -0.406. The van der Waals surface area contributed by atoms with Crippen LogP contribution in [0.25, 0.3) is 0 Å². The van der Waals surface area contributed by atoms with E-state index in [0.29, 0.717) is 0 Å².